The number of hydrogen-bond donors (Lipinski definition) is 2. The molecule has 5 atom stereocenters. The van der Waals surface area contributed by atoms with E-state index in [9.17, 15) is 9.28 Å². The van der Waals surface area contributed by atoms with Crippen molar-refractivity contribution in [1.29, 1.82) is 0 Å². The lowest BCUT2D eigenvalue weighted by Crippen LogP contribution is -2.50. The van der Waals surface area contributed by atoms with Gasteiger partial charge in [0.2, 0.25) is 0 Å². The van der Waals surface area contributed by atoms with Crippen LogP contribution in [0.15, 0.2) is 0 Å². The van der Waals surface area contributed by atoms with Crippen LogP contribution in [0.3, 0.4) is 0 Å². The average molecular weight is 265 g/mol. The molecule has 6 heteroatoms. The standard InChI is InChI=1S/C10H18FNO3.C2H6O/c1-5-6(2)8(4-12-11)15-9(7(5)3)10(13)14;1-3-2/h5-9,12H,4H2,1-3H3,(H,13,14);1-2H3/t5-,6-,7-,8+,9+;/m1./s1. The van der Waals surface area contributed by atoms with E-state index in [-0.39, 0.29) is 30.4 Å². The maximum Gasteiger partial charge on any atom is 0.333 e. The molecule has 0 radical (unpaired) electrons. The monoisotopic (exact) mass is 265 g/mol. The molecule has 18 heavy (non-hydrogen) atoms. The number of halogens is 1. The highest BCUT2D eigenvalue weighted by Crippen LogP contribution is 2.34. The summed E-state index contributed by atoms with van der Waals surface area (Å²) in [6.45, 7) is 5.85. The van der Waals surface area contributed by atoms with Gasteiger partial charge in [-0.15, -0.1) is 4.48 Å². The van der Waals surface area contributed by atoms with Gasteiger partial charge in [-0.2, -0.15) is 5.54 Å². The normalized spacial score (nSPS) is 35.6. The maximum atomic E-state index is 12.0. The van der Waals surface area contributed by atoms with Gasteiger partial charge in [0, 0.05) is 14.2 Å². The van der Waals surface area contributed by atoms with Gasteiger partial charge in [0.1, 0.15) is 0 Å². The Hall–Kier alpha value is -0.720. The summed E-state index contributed by atoms with van der Waals surface area (Å²) < 4.78 is 21.7. The highest BCUT2D eigenvalue weighted by atomic mass is 19.2. The van der Waals surface area contributed by atoms with Crippen LogP contribution in [-0.4, -0.2) is 44.0 Å². The van der Waals surface area contributed by atoms with Crippen molar-refractivity contribution < 1.29 is 23.9 Å². The molecule has 0 unspecified atom stereocenters. The zero-order chi connectivity index (χ0) is 14.3. The van der Waals surface area contributed by atoms with E-state index in [2.05, 4.69) is 4.74 Å². The molecule has 0 bridgehead atoms. The number of nitrogens with one attached hydrogen (secondary N) is 1. The number of aliphatic carboxylic acids is 1. The predicted molar refractivity (Wildman–Crippen MR) is 65.8 cm³/mol. The SMILES string of the molecule is COC.C[C@@H]1[C@@H](C)[C@H](CNF)O[C@H](C(=O)O)[C@@H]1C. The summed E-state index contributed by atoms with van der Waals surface area (Å²) in [5.41, 5.74) is 1.54. The summed E-state index contributed by atoms with van der Waals surface area (Å²) >= 11 is 0. The fraction of sp³-hybridized carbons (Fsp3) is 0.917. The van der Waals surface area contributed by atoms with Gasteiger partial charge in [-0.05, 0) is 17.8 Å². The van der Waals surface area contributed by atoms with Crippen molar-refractivity contribution in [2.24, 2.45) is 17.8 Å². The molecular weight excluding hydrogens is 241 g/mol. The second-order valence-electron chi connectivity index (χ2n) is 4.76. The third-order valence-corrected chi connectivity index (χ3v) is 3.57. The predicted octanol–water partition coefficient (Wildman–Crippen LogP) is 1.48. The zero-order valence-corrected chi connectivity index (χ0v) is 11.6. The van der Waals surface area contributed by atoms with Gasteiger partial charge in [0.15, 0.2) is 6.10 Å². The quantitative estimate of drug-likeness (QED) is 0.757. The summed E-state index contributed by atoms with van der Waals surface area (Å²) in [7, 11) is 3.25. The largest absolute Gasteiger partial charge is 0.479 e. The van der Waals surface area contributed by atoms with E-state index in [0.29, 0.717) is 0 Å². The Morgan fingerprint density at radius 2 is 1.78 bits per heavy atom. The minimum atomic E-state index is -0.967. The first-order chi connectivity index (χ1) is 8.40. The molecule has 2 N–H and O–H groups in total. The molecule has 1 aliphatic heterocycles. The second kappa shape index (κ2) is 8.39. The summed E-state index contributed by atoms with van der Waals surface area (Å²) in [6.07, 6.45) is -1.20. The molecule has 0 saturated carbocycles. The molecule has 5 nitrogen and oxygen atoms in total. The zero-order valence-electron chi connectivity index (χ0n) is 11.6. The van der Waals surface area contributed by atoms with Crippen LogP contribution in [0.1, 0.15) is 20.8 Å². The van der Waals surface area contributed by atoms with Crippen LogP contribution in [0.25, 0.3) is 0 Å². The van der Waals surface area contributed by atoms with Crippen molar-refractivity contribution in [3.8, 4) is 0 Å². The smallest absolute Gasteiger partial charge is 0.333 e. The Kier molecular flexibility index (Phi) is 8.06. The topological polar surface area (TPSA) is 67.8 Å². The fourth-order valence-corrected chi connectivity index (χ4v) is 2.12. The molecular formula is C12H24FNO4. The van der Waals surface area contributed by atoms with Crippen LogP contribution >= 0.6 is 0 Å². The molecule has 0 aromatic rings. The maximum absolute atomic E-state index is 12.0. The Balaban J connectivity index is 0.000000873. The van der Waals surface area contributed by atoms with Crippen molar-refractivity contribution >= 4 is 5.97 Å². The van der Waals surface area contributed by atoms with Crippen LogP contribution in [0.4, 0.5) is 4.48 Å². The molecule has 1 saturated heterocycles. The van der Waals surface area contributed by atoms with Gasteiger partial charge in [0.25, 0.3) is 0 Å². The lowest BCUT2D eigenvalue weighted by Gasteiger charge is -2.41. The molecule has 1 heterocycles. The van der Waals surface area contributed by atoms with Crippen molar-refractivity contribution in [3.05, 3.63) is 0 Å². The molecule has 1 fully saturated rings. The Morgan fingerprint density at radius 3 is 2.17 bits per heavy atom. The van der Waals surface area contributed by atoms with E-state index < -0.39 is 12.1 Å². The summed E-state index contributed by atoms with van der Waals surface area (Å²) in [5.74, 6) is -0.657. The molecule has 0 spiro atoms. The first-order valence-corrected chi connectivity index (χ1v) is 6.02. The third kappa shape index (κ3) is 4.51. The highest BCUT2D eigenvalue weighted by molar-refractivity contribution is 5.72. The number of rotatable bonds is 3. The van der Waals surface area contributed by atoms with E-state index in [1.54, 1.807) is 19.8 Å². The first kappa shape index (κ1) is 17.3. The molecule has 1 aliphatic rings. The minimum Gasteiger partial charge on any atom is -0.479 e. The van der Waals surface area contributed by atoms with Gasteiger partial charge < -0.3 is 14.6 Å². The molecule has 0 aromatic heterocycles. The fourth-order valence-electron chi connectivity index (χ4n) is 2.12. The number of carboxylic acids is 1. The average Bonchev–Trinajstić information content (AvgIpc) is 2.30. The van der Waals surface area contributed by atoms with Crippen molar-refractivity contribution in [3.63, 3.8) is 0 Å². The number of carbonyl (C=O) groups is 1. The van der Waals surface area contributed by atoms with Crippen LogP contribution in [0.2, 0.25) is 0 Å². The van der Waals surface area contributed by atoms with Gasteiger partial charge in [-0.3, -0.25) is 0 Å². The van der Waals surface area contributed by atoms with Crippen LogP contribution in [-0.2, 0) is 14.3 Å². The molecule has 1 rings (SSSR count). The van der Waals surface area contributed by atoms with E-state index in [0.717, 1.165) is 0 Å². The van der Waals surface area contributed by atoms with Crippen molar-refractivity contribution in [1.82, 2.24) is 5.54 Å². The third-order valence-electron chi connectivity index (χ3n) is 3.57. The first-order valence-electron chi connectivity index (χ1n) is 6.02. The second-order valence-corrected chi connectivity index (χ2v) is 4.76. The number of hydrogen-bond acceptors (Lipinski definition) is 4. The van der Waals surface area contributed by atoms with Crippen LogP contribution in [0.5, 0.6) is 0 Å². The highest BCUT2D eigenvalue weighted by Gasteiger charge is 2.42. The van der Waals surface area contributed by atoms with Crippen molar-refractivity contribution in [2.75, 3.05) is 20.8 Å². The van der Waals surface area contributed by atoms with E-state index in [4.69, 9.17) is 9.84 Å². The van der Waals surface area contributed by atoms with E-state index in [1.165, 1.54) is 0 Å². The molecule has 0 aliphatic carbocycles. The van der Waals surface area contributed by atoms with Gasteiger partial charge in [-0.1, -0.05) is 20.8 Å². The van der Waals surface area contributed by atoms with Crippen LogP contribution < -0.4 is 5.54 Å². The number of methoxy groups -OCH3 is 1. The molecule has 0 aromatic carbocycles. The summed E-state index contributed by atoms with van der Waals surface area (Å²) in [6, 6.07) is 0. The molecule has 108 valence electrons. The lowest BCUT2D eigenvalue weighted by atomic mass is 9.76. The Labute approximate surface area is 108 Å². The van der Waals surface area contributed by atoms with Gasteiger partial charge >= 0.3 is 5.97 Å². The lowest BCUT2D eigenvalue weighted by molar-refractivity contribution is -0.179. The van der Waals surface area contributed by atoms with Crippen molar-refractivity contribution in [2.45, 2.75) is 33.0 Å². The summed E-state index contributed by atoms with van der Waals surface area (Å²) in [4.78, 5) is 10.9. The summed E-state index contributed by atoms with van der Waals surface area (Å²) in [5, 5.41) is 8.96. The van der Waals surface area contributed by atoms with Crippen LogP contribution in [0, 0.1) is 17.8 Å². The number of carboxylic acid groups (broad SMARTS) is 1. The minimum absolute atomic E-state index is 0.0437. The van der Waals surface area contributed by atoms with Gasteiger partial charge in [-0.25, -0.2) is 4.79 Å². The van der Waals surface area contributed by atoms with E-state index in [1.807, 2.05) is 20.8 Å². The number of ether oxygens (including phenoxy) is 2. The van der Waals surface area contributed by atoms with Gasteiger partial charge in [0.05, 0.1) is 12.6 Å². The molecule has 0 amide bonds. The Morgan fingerprint density at radius 1 is 1.28 bits per heavy atom. The Bertz CT molecular complexity index is 252. The van der Waals surface area contributed by atoms with E-state index >= 15 is 0 Å².